The number of hydrogen-bond acceptors (Lipinski definition) is 4. The molecular formula is C20H22N4O3. The van der Waals surface area contributed by atoms with Gasteiger partial charge in [-0.25, -0.2) is 10.2 Å². The minimum Gasteiger partial charge on any atom is -0.491 e. The molecule has 0 saturated carbocycles. The van der Waals surface area contributed by atoms with E-state index in [-0.39, 0.29) is 6.04 Å². The van der Waals surface area contributed by atoms with E-state index in [1.165, 1.54) is 24.3 Å². The monoisotopic (exact) mass is 366 g/mol. The van der Waals surface area contributed by atoms with E-state index in [1.807, 2.05) is 38.1 Å². The number of hydrazine groups is 1. The first-order chi connectivity index (χ1) is 12.9. The lowest BCUT2D eigenvalue weighted by Crippen LogP contribution is -2.50. The highest BCUT2D eigenvalue weighted by Crippen LogP contribution is 2.22. The minimum absolute atomic E-state index is 0.268. The lowest BCUT2D eigenvalue weighted by Gasteiger charge is -2.18. The van der Waals surface area contributed by atoms with Crippen LogP contribution in [0.15, 0.2) is 42.5 Å². The second-order valence-electron chi connectivity index (χ2n) is 6.17. The molecule has 2 rings (SSSR count). The first kappa shape index (κ1) is 19.8. The van der Waals surface area contributed by atoms with Gasteiger partial charge in [0.25, 0.3) is 5.91 Å². The Kier molecular flexibility index (Phi) is 6.78. The van der Waals surface area contributed by atoms with Crippen molar-refractivity contribution in [2.24, 2.45) is 0 Å². The van der Waals surface area contributed by atoms with Crippen molar-refractivity contribution >= 4 is 11.9 Å². The van der Waals surface area contributed by atoms with Crippen LogP contribution in [0.2, 0.25) is 0 Å². The summed E-state index contributed by atoms with van der Waals surface area (Å²) in [4.78, 5) is 23.9. The van der Waals surface area contributed by atoms with Crippen LogP contribution >= 0.6 is 0 Å². The van der Waals surface area contributed by atoms with Crippen LogP contribution < -0.4 is 20.9 Å². The predicted octanol–water partition coefficient (Wildman–Crippen LogP) is 2.59. The van der Waals surface area contributed by atoms with E-state index in [0.29, 0.717) is 17.7 Å². The SMILES string of the molecule is Cc1cccc(C)c1OC[C@H](C)NC(=O)NNC(=O)c1ccc(C#N)cc1. The molecule has 2 aromatic rings. The number of carbonyl (C=O) groups excluding carboxylic acids is 2. The van der Waals surface area contributed by atoms with E-state index in [4.69, 9.17) is 10.00 Å². The third kappa shape index (κ3) is 5.75. The van der Waals surface area contributed by atoms with Gasteiger partial charge in [0.1, 0.15) is 12.4 Å². The van der Waals surface area contributed by atoms with E-state index in [2.05, 4.69) is 16.2 Å². The number of nitrogens with one attached hydrogen (secondary N) is 3. The first-order valence-corrected chi connectivity index (χ1v) is 8.46. The Bertz CT molecular complexity index is 836. The maximum absolute atomic E-state index is 12.0. The fourth-order valence-electron chi connectivity index (χ4n) is 2.42. The number of carbonyl (C=O) groups is 2. The van der Waals surface area contributed by atoms with Crippen LogP contribution in [0.5, 0.6) is 5.75 Å². The van der Waals surface area contributed by atoms with Crippen molar-refractivity contribution < 1.29 is 14.3 Å². The van der Waals surface area contributed by atoms with E-state index in [1.54, 1.807) is 6.92 Å². The summed E-state index contributed by atoms with van der Waals surface area (Å²) >= 11 is 0. The number of aryl methyl sites for hydroxylation is 2. The van der Waals surface area contributed by atoms with Gasteiger partial charge < -0.3 is 10.1 Å². The zero-order valence-corrected chi connectivity index (χ0v) is 15.5. The van der Waals surface area contributed by atoms with Crippen LogP contribution in [-0.4, -0.2) is 24.6 Å². The summed E-state index contributed by atoms with van der Waals surface area (Å²) in [6, 6.07) is 13.1. The van der Waals surface area contributed by atoms with Crippen molar-refractivity contribution in [1.29, 1.82) is 5.26 Å². The summed E-state index contributed by atoms with van der Waals surface area (Å²) in [6.07, 6.45) is 0. The van der Waals surface area contributed by atoms with E-state index < -0.39 is 11.9 Å². The average molecular weight is 366 g/mol. The molecule has 7 nitrogen and oxygen atoms in total. The lowest BCUT2D eigenvalue weighted by atomic mass is 10.1. The molecule has 2 aromatic carbocycles. The molecule has 0 radical (unpaired) electrons. The van der Waals surface area contributed by atoms with E-state index in [0.717, 1.165) is 16.9 Å². The number of para-hydroxylation sites is 1. The highest BCUT2D eigenvalue weighted by atomic mass is 16.5. The van der Waals surface area contributed by atoms with Crippen molar-refractivity contribution in [2.45, 2.75) is 26.8 Å². The molecule has 0 aliphatic rings. The molecule has 0 fully saturated rings. The summed E-state index contributed by atoms with van der Waals surface area (Å²) in [5.41, 5.74) is 7.45. The van der Waals surface area contributed by atoms with Crippen molar-refractivity contribution in [3.05, 3.63) is 64.7 Å². The molecule has 1 atom stereocenters. The van der Waals surface area contributed by atoms with Crippen molar-refractivity contribution in [1.82, 2.24) is 16.2 Å². The number of benzene rings is 2. The normalized spacial score (nSPS) is 11.0. The zero-order chi connectivity index (χ0) is 19.8. The zero-order valence-electron chi connectivity index (χ0n) is 15.5. The Morgan fingerprint density at radius 2 is 1.70 bits per heavy atom. The second kappa shape index (κ2) is 9.25. The van der Waals surface area contributed by atoms with Gasteiger partial charge in [-0.05, 0) is 56.2 Å². The van der Waals surface area contributed by atoms with Crippen LogP contribution in [0.4, 0.5) is 4.79 Å². The second-order valence-corrected chi connectivity index (χ2v) is 6.17. The van der Waals surface area contributed by atoms with Crippen LogP contribution in [0.1, 0.15) is 34.0 Å². The van der Waals surface area contributed by atoms with Gasteiger partial charge in [0.05, 0.1) is 17.7 Å². The van der Waals surface area contributed by atoms with Crippen molar-refractivity contribution in [2.75, 3.05) is 6.61 Å². The average Bonchev–Trinajstić information content (AvgIpc) is 2.65. The van der Waals surface area contributed by atoms with Crippen LogP contribution in [0.3, 0.4) is 0 Å². The number of hydrogen-bond donors (Lipinski definition) is 3. The quantitative estimate of drug-likeness (QED) is 0.708. The third-order valence-corrected chi connectivity index (χ3v) is 3.83. The summed E-state index contributed by atoms with van der Waals surface area (Å²) < 4.78 is 5.79. The highest BCUT2D eigenvalue weighted by molar-refractivity contribution is 5.95. The van der Waals surface area contributed by atoms with Gasteiger partial charge in [-0.1, -0.05) is 18.2 Å². The van der Waals surface area contributed by atoms with Gasteiger partial charge in [0.2, 0.25) is 0 Å². The van der Waals surface area contributed by atoms with Gasteiger partial charge in [-0.15, -0.1) is 0 Å². The Balaban J connectivity index is 1.77. The Morgan fingerprint density at radius 3 is 2.30 bits per heavy atom. The molecular weight excluding hydrogens is 344 g/mol. The molecule has 3 N–H and O–H groups in total. The number of nitrogens with zero attached hydrogens (tertiary/aromatic N) is 1. The lowest BCUT2D eigenvalue weighted by molar-refractivity contribution is 0.0935. The maximum atomic E-state index is 12.0. The third-order valence-electron chi connectivity index (χ3n) is 3.83. The molecule has 0 unspecified atom stereocenters. The Morgan fingerprint density at radius 1 is 1.07 bits per heavy atom. The molecule has 3 amide bonds. The van der Waals surface area contributed by atoms with Crippen molar-refractivity contribution in [3.63, 3.8) is 0 Å². The molecule has 0 bridgehead atoms. The largest absolute Gasteiger partial charge is 0.491 e. The molecule has 0 aliphatic carbocycles. The highest BCUT2D eigenvalue weighted by Gasteiger charge is 2.11. The van der Waals surface area contributed by atoms with Crippen LogP contribution in [0, 0.1) is 25.2 Å². The molecule has 0 saturated heterocycles. The van der Waals surface area contributed by atoms with Gasteiger partial charge >= 0.3 is 6.03 Å². The van der Waals surface area contributed by atoms with Crippen molar-refractivity contribution in [3.8, 4) is 11.8 Å². The number of urea groups is 1. The van der Waals surface area contributed by atoms with Crippen LogP contribution in [-0.2, 0) is 0 Å². The van der Waals surface area contributed by atoms with Gasteiger partial charge in [0.15, 0.2) is 0 Å². The molecule has 0 aromatic heterocycles. The fraction of sp³-hybridized carbons (Fsp3) is 0.250. The fourth-order valence-corrected chi connectivity index (χ4v) is 2.42. The number of ether oxygens (including phenoxy) is 1. The van der Waals surface area contributed by atoms with Crippen LogP contribution in [0.25, 0.3) is 0 Å². The Hall–Kier alpha value is -3.53. The van der Waals surface area contributed by atoms with Gasteiger partial charge in [-0.3, -0.25) is 10.2 Å². The molecule has 0 spiro atoms. The summed E-state index contributed by atoms with van der Waals surface area (Å²) in [5.74, 6) is 0.328. The van der Waals surface area contributed by atoms with E-state index in [9.17, 15) is 9.59 Å². The van der Waals surface area contributed by atoms with E-state index >= 15 is 0 Å². The number of amides is 3. The molecule has 0 heterocycles. The van der Waals surface area contributed by atoms with Gasteiger partial charge in [-0.2, -0.15) is 5.26 Å². The summed E-state index contributed by atoms with van der Waals surface area (Å²) in [7, 11) is 0. The molecule has 140 valence electrons. The topological polar surface area (TPSA) is 103 Å². The molecule has 7 heteroatoms. The predicted molar refractivity (Wildman–Crippen MR) is 101 cm³/mol. The minimum atomic E-state index is -0.547. The molecule has 27 heavy (non-hydrogen) atoms. The number of nitriles is 1. The standard InChI is InChI=1S/C20H22N4O3/c1-13-5-4-6-14(2)18(13)27-12-15(3)22-20(26)24-23-19(25)17-9-7-16(11-21)8-10-17/h4-10,15H,12H2,1-3H3,(H,23,25)(H2,22,24,26)/t15-/m0/s1. The number of rotatable bonds is 5. The molecule has 0 aliphatic heterocycles. The Labute approximate surface area is 158 Å². The first-order valence-electron chi connectivity index (χ1n) is 8.46. The summed E-state index contributed by atoms with van der Waals surface area (Å²) in [5, 5.41) is 11.4. The van der Waals surface area contributed by atoms with Gasteiger partial charge in [0, 0.05) is 5.56 Å². The summed E-state index contributed by atoms with van der Waals surface area (Å²) in [6.45, 7) is 6.02. The smallest absolute Gasteiger partial charge is 0.333 e. The maximum Gasteiger partial charge on any atom is 0.333 e.